The zero-order chi connectivity index (χ0) is 20.0. The van der Waals surface area contributed by atoms with Crippen molar-refractivity contribution in [2.24, 2.45) is 11.3 Å². The van der Waals surface area contributed by atoms with Crippen LogP contribution in [0.2, 0.25) is 0 Å². The Morgan fingerprint density at radius 1 is 0.933 bits per heavy atom. The van der Waals surface area contributed by atoms with Gasteiger partial charge in [0.2, 0.25) is 0 Å². The number of aliphatic hydroxyl groups excluding tert-OH is 1. The summed E-state index contributed by atoms with van der Waals surface area (Å²) in [5, 5.41) is 10.4. The molecule has 1 saturated carbocycles. The molecule has 2 fully saturated rings. The van der Waals surface area contributed by atoms with Crippen LogP contribution in [0.4, 0.5) is 0 Å². The molecule has 1 aliphatic carbocycles. The van der Waals surface area contributed by atoms with Crippen LogP contribution in [0.1, 0.15) is 52.0 Å². The smallest absolute Gasteiger partial charge is 0.0900 e. The summed E-state index contributed by atoms with van der Waals surface area (Å²) in [6, 6.07) is 10.7. The van der Waals surface area contributed by atoms with Gasteiger partial charge in [-0.05, 0) is 42.6 Å². The monoisotopic (exact) mass is 460 g/mol. The molecule has 1 N–H and O–H groups in total. The molecule has 0 amide bonds. The van der Waals surface area contributed by atoms with Gasteiger partial charge in [-0.1, -0.05) is 51.1 Å². The van der Waals surface area contributed by atoms with Crippen LogP contribution in [0.3, 0.4) is 0 Å². The number of aliphatic hydroxyl groups is 1. The topological polar surface area (TPSA) is 35.9 Å². The van der Waals surface area contributed by atoms with Crippen molar-refractivity contribution in [3.8, 4) is 0 Å². The molecule has 30 heavy (non-hydrogen) atoms. The molecule has 174 valence electrons. The van der Waals surface area contributed by atoms with Crippen LogP contribution in [0, 0.1) is 11.3 Å². The Balaban J connectivity index is 0.00000225. The van der Waals surface area contributed by atoms with Crippen LogP contribution in [-0.4, -0.2) is 66.4 Å². The highest BCUT2D eigenvalue weighted by atomic mass is 35.5. The summed E-state index contributed by atoms with van der Waals surface area (Å²) in [5.41, 5.74) is 1.79. The molecule has 0 bridgehead atoms. The van der Waals surface area contributed by atoms with E-state index in [0.717, 1.165) is 58.0 Å². The van der Waals surface area contributed by atoms with Gasteiger partial charge in [0.1, 0.15) is 0 Å². The van der Waals surface area contributed by atoms with Gasteiger partial charge in [-0.15, -0.1) is 24.8 Å². The molecule has 1 aromatic rings. The quantitative estimate of drug-likeness (QED) is 0.642. The normalized spacial score (nSPS) is 24.5. The van der Waals surface area contributed by atoms with Crippen molar-refractivity contribution in [3.05, 3.63) is 35.9 Å². The summed E-state index contributed by atoms with van der Waals surface area (Å²) in [4.78, 5) is 4.88. The van der Waals surface area contributed by atoms with E-state index in [-0.39, 0.29) is 30.9 Å². The average Bonchev–Trinajstić information content (AvgIpc) is 2.68. The van der Waals surface area contributed by atoms with Crippen molar-refractivity contribution in [2.45, 2.75) is 65.2 Å². The maximum Gasteiger partial charge on any atom is 0.0900 e. The summed E-state index contributed by atoms with van der Waals surface area (Å²) >= 11 is 0. The van der Waals surface area contributed by atoms with Gasteiger partial charge in [0, 0.05) is 39.3 Å². The lowest BCUT2D eigenvalue weighted by atomic mass is 9.72. The van der Waals surface area contributed by atoms with E-state index in [4.69, 9.17) is 4.74 Å². The number of halogens is 2. The first-order valence-electron chi connectivity index (χ1n) is 11.2. The molecule has 3 rings (SSSR count). The van der Waals surface area contributed by atoms with Crippen LogP contribution in [0.15, 0.2) is 30.3 Å². The lowest BCUT2D eigenvalue weighted by molar-refractivity contribution is -0.0473. The third-order valence-corrected chi connectivity index (χ3v) is 6.61. The highest BCUT2D eigenvalue weighted by Gasteiger charge is 2.30. The predicted octanol–water partition coefficient (Wildman–Crippen LogP) is 4.63. The zero-order valence-electron chi connectivity index (χ0n) is 19.0. The first-order valence-corrected chi connectivity index (χ1v) is 11.2. The molecule has 1 aromatic carbocycles. The zero-order valence-corrected chi connectivity index (χ0v) is 20.6. The number of nitrogens with zero attached hydrogens (tertiary/aromatic N) is 2. The molecule has 1 heterocycles. The summed E-state index contributed by atoms with van der Waals surface area (Å²) < 4.78 is 6.06. The molecule has 1 unspecified atom stereocenters. The Morgan fingerprint density at radius 3 is 2.07 bits per heavy atom. The fourth-order valence-corrected chi connectivity index (χ4v) is 4.67. The van der Waals surface area contributed by atoms with Gasteiger partial charge in [0.15, 0.2) is 0 Å². The maximum atomic E-state index is 10.4. The van der Waals surface area contributed by atoms with Gasteiger partial charge >= 0.3 is 0 Å². The number of hydrogen-bond donors (Lipinski definition) is 1. The lowest BCUT2D eigenvalue weighted by Gasteiger charge is -2.37. The molecule has 6 heteroatoms. The number of piperazine rings is 1. The van der Waals surface area contributed by atoms with E-state index in [1.807, 2.05) is 0 Å². The second-order valence-electron chi connectivity index (χ2n) is 9.89. The summed E-state index contributed by atoms with van der Waals surface area (Å²) in [6.45, 7) is 13.5. The highest BCUT2D eigenvalue weighted by molar-refractivity contribution is 5.85. The van der Waals surface area contributed by atoms with Gasteiger partial charge < -0.3 is 9.84 Å². The van der Waals surface area contributed by atoms with Gasteiger partial charge in [-0.2, -0.15) is 0 Å². The number of ether oxygens (including phenoxy) is 1. The number of benzene rings is 1. The molecule has 0 spiro atoms. The van der Waals surface area contributed by atoms with Crippen LogP contribution in [-0.2, 0) is 11.3 Å². The first-order chi connectivity index (χ1) is 13.4. The second kappa shape index (κ2) is 13.2. The summed E-state index contributed by atoms with van der Waals surface area (Å²) in [7, 11) is 0. The van der Waals surface area contributed by atoms with Crippen LogP contribution >= 0.6 is 24.8 Å². The fraction of sp³-hybridized carbons (Fsp3) is 0.750. The van der Waals surface area contributed by atoms with E-state index in [1.165, 1.54) is 18.4 Å². The van der Waals surface area contributed by atoms with Crippen LogP contribution < -0.4 is 0 Å². The maximum absolute atomic E-state index is 10.4. The van der Waals surface area contributed by atoms with Gasteiger partial charge in [-0.3, -0.25) is 9.80 Å². The van der Waals surface area contributed by atoms with Crippen molar-refractivity contribution in [1.29, 1.82) is 0 Å². The Bertz CT molecular complexity index is 566. The number of hydrogen-bond acceptors (Lipinski definition) is 4. The first kappa shape index (κ1) is 27.7. The van der Waals surface area contributed by atoms with Crippen LogP contribution in [0.5, 0.6) is 0 Å². The van der Waals surface area contributed by atoms with E-state index < -0.39 is 0 Å². The molecule has 2 aliphatic rings. The van der Waals surface area contributed by atoms with Crippen LogP contribution in [0.25, 0.3) is 0 Å². The van der Waals surface area contributed by atoms with E-state index in [1.54, 1.807) is 0 Å². The predicted molar refractivity (Wildman–Crippen MR) is 130 cm³/mol. The Hall–Kier alpha value is -0.360. The van der Waals surface area contributed by atoms with Crippen molar-refractivity contribution in [3.63, 3.8) is 0 Å². The van der Waals surface area contributed by atoms with E-state index >= 15 is 0 Å². The van der Waals surface area contributed by atoms with Crippen molar-refractivity contribution in [2.75, 3.05) is 39.3 Å². The van der Waals surface area contributed by atoms with Gasteiger partial charge in [0.05, 0.1) is 18.8 Å². The minimum atomic E-state index is -0.374. The Kier molecular flexibility index (Phi) is 12.2. The van der Waals surface area contributed by atoms with Crippen molar-refractivity contribution in [1.82, 2.24) is 9.80 Å². The molecular weight excluding hydrogens is 419 g/mol. The molecule has 1 aliphatic heterocycles. The molecule has 0 aromatic heterocycles. The van der Waals surface area contributed by atoms with Crippen molar-refractivity contribution < 1.29 is 9.84 Å². The van der Waals surface area contributed by atoms with E-state index in [9.17, 15) is 5.11 Å². The van der Waals surface area contributed by atoms with Gasteiger partial charge in [0.25, 0.3) is 0 Å². The van der Waals surface area contributed by atoms with Gasteiger partial charge in [-0.25, -0.2) is 0 Å². The Labute approximate surface area is 196 Å². The lowest BCUT2D eigenvalue weighted by Crippen LogP contribution is -2.48. The summed E-state index contributed by atoms with van der Waals surface area (Å²) in [5.74, 6) is 0.810. The van der Waals surface area contributed by atoms with Crippen molar-refractivity contribution >= 4 is 24.8 Å². The minimum absolute atomic E-state index is 0. The fourth-order valence-electron chi connectivity index (χ4n) is 4.67. The minimum Gasteiger partial charge on any atom is -0.389 e. The second-order valence-corrected chi connectivity index (χ2v) is 9.89. The largest absolute Gasteiger partial charge is 0.389 e. The third kappa shape index (κ3) is 9.02. The average molecular weight is 462 g/mol. The molecule has 0 radical (unpaired) electrons. The standard InChI is InChI=1S/C24H40N2O2.2ClH/c1-24(2,3)21-9-11-23(12-10-21)28-19-22(27)18-26-15-13-25(14-16-26)17-20-7-5-4-6-8-20;;/h4-8,21-23,27H,9-19H2,1-3H3;2*1H. The Morgan fingerprint density at radius 2 is 1.50 bits per heavy atom. The molecule has 1 saturated heterocycles. The molecule has 4 nitrogen and oxygen atoms in total. The van der Waals surface area contributed by atoms with E-state index in [0.29, 0.717) is 18.1 Å². The summed E-state index contributed by atoms with van der Waals surface area (Å²) in [6.07, 6.45) is 4.78. The highest BCUT2D eigenvalue weighted by Crippen LogP contribution is 2.38. The number of rotatable bonds is 7. The SMILES string of the molecule is CC(C)(C)C1CCC(OCC(O)CN2CCN(Cc3ccccc3)CC2)CC1.Cl.Cl. The molecule has 1 atom stereocenters. The third-order valence-electron chi connectivity index (χ3n) is 6.61. The van der Waals surface area contributed by atoms with E-state index in [2.05, 4.69) is 60.9 Å². The number of β-amino-alcohol motifs (C(OH)–C–C–N with tert-alkyl or cyclic N) is 1. The molecular formula is C24H42Cl2N2O2.